The third-order valence-corrected chi connectivity index (χ3v) is 14.1. The van der Waals surface area contributed by atoms with E-state index in [-0.39, 0.29) is 5.41 Å². The first kappa shape index (κ1) is 38.1. The molecule has 13 rings (SSSR count). The average Bonchev–Trinajstić information content (AvgIpc) is 3.61. The van der Waals surface area contributed by atoms with Gasteiger partial charge in [-0.05, 0) is 151 Å². The summed E-state index contributed by atoms with van der Waals surface area (Å²) in [6, 6.07) is 87.0. The van der Waals surface area contributed by atoms with Crippen LogP contribution in [0.1, 0.15) is 25.0 Å². The fourth-order valence-corrected chi connectivity index (χ4v) is 11.0. The molecule has 66 heavy (non-hydrogen) atoms. The maximum Gasteiger partial charge on any atom is 0.0709 e. The molecule has 1 aliphatic carbocycles. The van der Waals surface area contributed by atoms with Crippen LogP contribution in [-0.2, 0) is 5.41 Å². The van der Waals surface area contributed by atoms with Gasteiger partial charge in [0.05, 0.1) is 22.7 Å². The number of benzene rings is 11. The summed E-state index contributed by atoms with van der Waals surface area (Å²) in [5, 5.41) is 7.61. The summed E-state index contributed by atoms with van der Waals surface area (Å²) in [4.78, 5) is 7.25. The summed E-state index contributed by atoms with van der Waals surface area (Å²) in [7, 11) is 0. The highest BCUT2D eigenvalue weighted by atomic mass is 15.3. The van der Waals surface area contributed by atoms with Crippen molar-refractivity contribution in [2.24, 2.45) is 0 Å². The molecular weight excluding hydrogens is 799 g/mol. The predicted octanol–water partition coefficient (Wildman–Crippen LogP) is 17.8. The lowest BCUT2D eigenvalue weighted by Crippen LogP contribution is -2.24. The molecule has 0 aromatic heterocycles. The van der Waals surface area contributed by atoms with Crippen molar-refractivity contribution in [3.8, 4) is 22.3 Å². The van der Waals surface area contributed by atoms with Crippen LogP contribution in [0.3, 0.4) is 0 Å². The molecule has 0 spiro atoms. The first-order valence-corrected chi connectivity index (χ1v) is 22.9. The highest BCUT2D eigenvalue weighted by Gasteiger charge is 2.36. The molecule has 3 nitrogen and oxygen atoms in total. The topological polar surface area (TPSA) is 9.72 Å². The predicted molar refractivity (Wildman–Crippen MR) is 280 cm³/mol. The van der Waals surface area contributed by atoms with Crippen LogP contribution in [-0.4, -0.2) is 0 Å². The van der Waals surface area contributed by atoms with Crippen LogP contribution in [0.15, 0.2) is 237 Å². The second-order valence-corrected chi connectivity index (χ2v) is 18.1. The largest absolute Gasteiger partial charge is 0.310 e. The van der Waals surface area contributed by atoms with Gasteiger partial charge >= 0.3 is 0 Å². The van der Waals surface area contributed by atoms with E-state index < -0.39 is 0 Å². The molecule has 1 aliphatic heterocycles. The van der Waals surface area contributed by atoms with Crippen LogP contribution >= 0.6 is 0 Å². The van der Waals surface area contributed by atoms with Gasteiger partial charge in [-0.15, -0.1) is 0 Å². The lowest BCUT2D eigenvalue weighted by molar-refractivity contribution is 0.660. The summed E-state index contributed by atoms with van der Waals surface area (Å²) in [5.74, 6) is 0. The van der Waals surface area contributed by atoms with Gasteiger partial charge in [0.1, 0.15) is 0 Å². The Morgan fingerprint density at radius 3 is 1.41 bits per heavy atom. The molecular formula is C63H45N3. The van der Waals surface area contributed by atoms with E-state index in [1.807, 2.05) is 0 Å². The van der Waals surface area contributed by atoms with Crippen LogP contribution in [0.5, 0.6) is 0 Å². The SMILES string of the molecule is CC1(C)c2ccccc2-c2ccc(N(c3ccc(-c4ccc5c(c4)N(c4ccccc4)c4ccccc4N5c4ccccc4)cc3)c3ccc4c5ccccc5c5ccccc5c4c3)cc21. The third kappa shape index (κ3) is 5.83. The molecule has 0 N–H and O–H groups in total. The molecule has 0 unspecified atom stereocenters. The molecule has 1 heterocycles. The molecule has 2 aliphatic rings. The summed E-state index contributed by atoms with van der Waals surface area (Å²) in [5.41, 5.74) is 17.7. The first-order chi connectivity index (χ1) is 32.5. The van der Waals surface area contributed by atoms with Crippen molar-refractivity contribution in [1.29, 1.82) is 0 Å². The smallest absolute Gasteiger partial charge is 0.0709 e. The minimum absolute atomic E-state index is 0.132. The molecule has 3 heteroatoms. The zero-order valence-electron chi connectivity index (χ0n) is 36.9. The molecule has 312 valence electrons. The number of hydrogen-bond acceptors (Lipinski definition) is 3. The zero-order valence-corrected chi connectivity index (χ0v) is 36.9. The Morgan fingerprint density at radius 2 is 0.758 bits per heavy atom. The fraction of sp³-hybridized carbons (Fsp3) is 0.0476. The van der Waals surface area contributed by atoms with E-state index in [0.29, 0.717) is 0 Å². The Bertz CT molecular complexity index is 3650. The molecule has 11 aromatic rings. The van der Waals surface area contributed by atoms with Crippen molar-refractivity contribution < 1.29 is 0 Å². The van der Waals surface area contributed by atoms with Crippen LogP contribution in [0.4, 0.5) is 51.2 Å². The van der Waals surface area contributed by atoms with Crippen molar-refractivity contribution in [3.05, 3.63) is 248 Å². The zero-order chi connectivity index (χ0) is 43.9. The van der Waals surface area contributed by atoms with E-state index in [2.05, 4.69) is 265 Å². The van der Waals surface area contributed by atoms with E-state index in [9.17, 15) is 0 Å². The van der Waals surface area contributed by atoms with E-state index in [1.54, 1.807) is 0 Å². The maximum atomic E-state index is 2.45. The van der Waals surface area contributed by atoms with Gasteiger partial charge in [0, 0.05) is 33.9 Å². The molecule has 0 amide bonds. The quantitative estimate of drug-likeness (QED) is 0.154. The molecule has 0 atom stereocenters. The Kier molecular flexibility index (Phi) is 8.56. The first-order valence-electron chi connectivity index (χ1n) is 22.9. The fourth-order valence-electron chi connectivity index (χ4n) is 11.0. The third-order valence-electron chi connectivity index (χ3n) is 14.1. The number of para-hydroxylation sites is 4. The van der Waals surface area contributed by atoms with Crippen LogP contribution < -0.4 is 14.7 Å². The summed E-state index contributed by atoms with van der Waals surface area (Å²) < 4.78 is 0. The standard InChI is InChI=1S/C63H45N3/c1-63(2)57-26-14-13-25-54(57)55-37-35-48(41-58(55)63)64(47-34-36-53-51-23-10-9-21-49(51)50-22-11-12-24-52(50)56(53)40-47)46-32-29-42(30-33-46)43-31-38-61-62(39-43)66(45-19-7-4-8-20-45)60-28-16-15-27-59(60)65(61)44-17-5-3-6-18-44/h3-41H,1-2H3. The van der Waals surface area contributed by atoms with Gasteiger partial charge < -0.3 is 14.7 Å². The van der Waals surface area contributed by atoms with Gasteiger partial charge in [-0.2, -0.15) is 0 Å². The molecule has 0 saturated heterocycles. The summed E-state index contributed by atoms with van der Waals surface area (Å²) >= 11 is 0. The Labute approximate surface area is 385 Å². The molecule has 0 saturated carbocycles. The lowest BCUT2D eigenvalue weighted by Gasteiger charge is -2.40. The second-order valence-electron chi connectivity index (χ2n) is 18.1. The molecule has 0 bridgehead atoms. The van der Waals surface area contributed by atoms with Gasteiger partial charge in [-0.1, -0.05) is 166 Å². The van der Waals surface area contributed by atoms with E-state index in [1.165, 1.54) is 54.6 Å². The van der Waals surface area contributed by atoms with E-state index >= 15 is 0 Å². The van der Waals surface area contributed by atoms with Crippen LogP contribution in [0, 0.1) is 0 Å². The second kappa shape index (κ2) is 14.8. The van der Waals surface area contributed by atoms with E-state index in [0.717, 1.165) is 62.3 Å². The summed E-state index contributed by atoms with van der Waals surface area (Å²) in [6.45, 7) is 4.73. The van der Waals surface area contributed by atoms with Crippen LogP contribution in [0.2, 0.25) is 0 Å². The van der Waals surface area contributed by atoms with Gasteiger partial charge in [-0.3, -0.25) is 0 Å². The van der Waals surface area contributed by atoms with Gasteiger partial charge in [0.15, 0.2) is 0 Å². The Morgan fingerprint density at radius 1 is 0.303 bits per heavy atom. The molecule has 0 radical (unpaired) electrons. The monoisotopic (exact) mass is 843 g/mol. The van der Waals surface area contributed by atoms with E-state index in [4.69, 9.17) is 0 Å². The number of rotatable bonds is 6. The Balaban J connectivity index is 0.968. The Hall–Kier alpha value is -8.40. The number of fused-ring (bicyclic) bond motifs is 11. The lowest BCUT2D eigenvalue weighted by atomic mass is 9.82. The average molecular weight is 844 g/mol. The number of anilines is 9. The van der Waals surface area contributed by atoms with Crippen molar-refractivity contribution >= 4 is 83.5 Å². The minimum atomic E-state index is -0.132. The molecule has 0 fully saturated rings. The van der Waals surface area contributed by atoms with Crippen molar-refractivity contribution in [2.45, 2.75) is 19.3 Å². The van der Waals surface area contributed by atoms with Crippen molar-refractivity contribution in [2.75, 3.05) is 14.7 Å². The summed E-state index contributed by atoms with van der Waals surface area (Å²) in [6.07, 6.45) is 0. The van der Waals surface area contributed by atoms with Crippen LogP contribution in [0.25, 0.3) is 54.6 Å². The highest BCUT2D eigenvalue weighted by molar-refractivity contribution is 6.25. The number of hydrogen-bond donors (Lipinski definition) is 0. The maximum absolute atomic E-state index is 2.45. The van der Waals surface area contributed by atoms with Gasteiger partial charge in [0.25, 0.3) is 0 Å². The number of nitrogens with zero attached hydrogens (tertiary/aromatic N) is 3. The van der Waals surface area contributed by atoms with Crippen molar-refractivity contribution in [3.63, 3.8) is 0 Å². The van der Waals surface area contributed by atoms with Crippen molar-refractivity contribution in [1.82, 2.24) is 0 Å². The minimum Gasteiger partial charge on any atom is -0.310 e. The van der Waals surface area contributed by atoms with Gasteiger partial charge in [0.2, 0.25) is 0 Å². The highest BCUT2D eigenvalue weighted by Crippen LogP contribution is 2.55. The molecule has 11 aromatic carbocycles. The van der Waals surface area contributed by atoms with Gasteiger partial charge in [-0.25, -0.2) is 0 Å². The normalized spacial score (nSPS) is 13.4.